The van der Waals surface area contributed by atoms with Gasteiger partial charge in [0.25, 0.3) is 22.1 Å². The van der Waals surface area contributed by atoms with Gasteiger partial charge < -0.3 is 73.8 Å². The van der Waals surface area contributed by atoms with Crippen LogP contribution in [0.2, 0.25) is 0 Å². The van der Waals surface area contributed by atoms with Crippen LogP contribution in [-0.4, -0.2) is 110 Å². The first-order valence-electron chi connectivity index (χ1n) is 23.7. The Bertz CT molecular complexity index is 2520. The lowest BCUT2D eigenvalue weighted by Gasteiger charge is -2.36. The van der Waals surface area contributed by atoms with E-state index in [9.17, 15) is 62.7 Å². The molecule has 26 nitrogen and oxygen atoms in total. The van der Waals surface area contributed by atoms with E-state index in [0.717, 1.165) is 81.4 Å². The molecule has 1 saturated carbocycles. The number of ketones is 1. The number of benzene rings is 1. The van der Waals surface area contributed by atoms with Crippen LogP contribution in [0.3, 0.4) is 0 Å². The van der Waals surface area contributed by atoms with Gasteiger partial charge in [-0.3, -0.25) is 32.9 Å². The zero-order valence-electron chi connectivity index (χ0n) is 41.0. The van der Waals surface area contributed by atoms with Gasteiger partial charge >= 0.3 is 0 Å². The van der Waals surface area contributed by atoms with E-state index in [2.05, 4.69) is 67.7 Å². The average Bonchev–Trinajstić information content (AvgIpc) is 3.83. The summed E-state index contributed by atoms with van der Waals surface area (Å²) in [6.45, 7) is 4.25. The van der Waals surface area contributed by atoms with E-state index in [-0.39, 0.29) is 54.3 Å². The summed E-state index contributed by atoms with van der Waals surface area (Å²) in [6, 6.07) is 8.59. The fourth-order valence-corrected chi connectivity index (χ4v) is 10.9. The molecule has 0 bridgehead atoms. The van der Waals surface area contributed by atoms with E-state index >= 15 is 0 Å². The normalized spacial score (nSPS) is 21.0. The first kappa shape index (κ1) is 59.8. The topological polar surface area (TPSA) is 401 Å². The highest BCUT2D eigenvalue weighted by Crippen LogP contribution is 2.56. The minimum absolute atomic E-state index is 0.0116. The number of nitrogens with zero attached hydrogens (tertiary/aromatic N) is 4. The highest BCUT2D eigenvalue weighted by molar-refractivity contribution is 7.59. The molecular formula is C44H64N7O19P3-4. The minimum atomic E-state index is -5.94. The lowest BCUT2D eigenvalue weighted by Crippen LogP contribution is -2.46. The van der Waals surface area contributed by atoms with Crippen molar-refractivity contribution in [2.75, 3.05) is 32.0 Å². The smallest absolute Gasteiger partial charge is 0.293 e. The maximum atomic E-state index is 13.0. The van der Waals surface area contributed by atoms with Gasteiger partial charge in [0.05, 0.1) is 27.4 Å². The lowest BCUT2D eigenvalue weighted by molar-refractivity contribution is -0.347. The molecule has 2 aliphatic rings. The second-order valence-electron chi connectivity index (χ2n) is 19.5. The Morgan fingerprint density at radius 1 is 0.945 bits per heavy atom. The Morgan fingerprint density at radius 2 is 1.60 bits per heavy atom. The molecule has 6 N–H and O–H groups in total. The highest BCUT2D eigenvalue weighted by Gasteiger charge is 2.48. The van der Waals surface area contributed by atoms with Crippen LogP contribution in [0.1, 0.15) is 116 Å². The van der Waals surface area contributed by atoms with E-state index in [1.807, 2.05) is 13.8 Å². The molecule has 2 amide bonds. The first-order chi connectivity index (χ1) is 34.2. The van der Waals surface area contributed by atoms with Crippen molar-refractivity contribution in [3.8, 4) is 0 Å². The number of hydrogen-bond donors (Lipinski definition) is 5. The number of phosphoric acid groups is 3. The van der Waals surface area contributed by atoms with Crippen molar-refractivity contribution in [1.82, 2.24) is 30.2 Å². The van der Waals surface area contributed by atoms with Crippen LogP contribution >= 0.6 is 23.5 Å². The summed E-state index contributed by atoms with van der Waals surface area (Å²) < 4.78 is 66.2. The number of imidazole rings is 1. The molecule has 1 aliphatic carbocycles. The summed E-state index contributed by atoms with van der Waals surface area (Å²) in [6.07, 6.45) is 2.64. The van der Waals surface area contributed by atoms with Crippen LogP contribution in [0, 0.1) is 10.8 Å². The number of hydrogen-bond acceptors (Lipinski definition) is 23. The Labute approximate surface area is 421 Å². The van der Waals surface area contributed by atoms with Gasteiger partial charge in [-0.2, -0.15) is 0 Å². The third-order valence-corrected chi connectivity index (χ3v) is 15.7. The number of aliphatic hydroxyl groups excluding tert-OH is 2. The fourth-order valence-electron chi connectivity index (χ4n) is 8.17. The van der Waals surface area contributed by atoms with Crippen molar-refractivity contribution < 1.29 is 90.0 Å². The van der Waals surface area contributed by atoms with Gasteiger partial charge in [0.2, 0.25) is 11.8 Å². The van der Waals surface area contributed by atoms with Crippen LogP contribution in [0.5, 0.6) is 0 Å². The van der Waals surface area contributed by atoms with Gasteiger partial charge in [0.1, 0.15) is 47.6 Å². The van der Waals surface area contributed by atoms with Crippen LogP contribution < -0.4 is 35.9 Å². The molecule has 408 valence electrons. The number of anilines is 1. The quantitative estimate of drug-likeness (QED) is 0.0324. The molecule has 0 radical (unpaired) electrons. The number of Topliss-reactive ketones (excluding diaryl/α,β-unsaturated/α-hetero) is 1. The number of nitrogens with one attached hydrogen (secondary N) is 2. The van der Waals surface area contributed by atoms with Gasteiger partial charge in [-0.15, -0.1) is 0 Å². The number of ether oxygens (including phenoxy) is 2. The highest BCUT2D eigenvalue weighted by atomic mass is 31.3. The molecule has 1 aromatic carbocycles. The Kier molecular flexibility index (Phi) is 21.0. The zero-order valence-corrected chi connectivity index (χ0v) is 43.7. The number of rotatable bonds is 33. The number of phosphoric ester groups is 3. The number of nitrogen functional groups attached to an aromatic ring is 1. The van der Waals surface area contributed by atoms with Gasteiger partial charge in [0.15, 0.2) is 17.7 Å². The molecule has 2 fully saturated rings. The number of aliphatic hydroxyl groups is 2. The molecular weight excluding hydrogens is 1020 g/mol. The minimum Gasteiger partial charge on any atom is -0.790 e. The molecule has 29 heteroatoms. The third-order valence-electron chi connectivity index (χ3n) is 12.7. The second-order valence-corrected chi connectivity index (χ2v) is 23.6. The Hall–Kier alpha value is -4.10. The predicted octanol–water partition coefficient (Wildman–Crippen LogP) is 1.08. The second kappa shape index (κ2) is 25.6. The van der Waals surface area contributed by atoms with Crippen LogP contribution in [0.25, 0.3) is 11.2 Å². The number of carbonyl (C=O) groups is 4. The van der Waals surface area contributed by atoms with Crippen LogP contribution in [-0.2, 0) is 73.1 Å². The van der Waals surface area contributed by atoms with Gasteiger partial charge in [-0.25, -0.2) is 19.3 Å². The van der Waals surface area contributed by atoms with Crippen molar-refractivity contribution in [2.24, 2.45) is 10.8 Å². The van der Waals surface area contributed by atoms with Crippen molar-refractivity contribution in [1.29, 1.82) is 0 Å². The van der Waals surface area contributed by atoms with E-state index < -0.39 is 90.0 Å². The van der Waals surface area contributed by atoms with Crippen molar-refractivity contribution in [3.63, 3.8) is 0 Å². The number of nitrogens with two attached hydrogens (primary N) is 1. The molecule has 1 aliphatic heterocycles. The summed E-state index contributed by atoms with van der Waals surface area (Å²) in [5, 5.41) is 26.5. The summed E-state index contributed by atoms with van der Waals surface area (Å²) in [5.41, 5.74) is 5.81. The lowest BCUT2D eigenvalue weighted by atomic mass is 9.81. The van der Waals surface area contributed by atoms with E-state index in [1.165, 1.54) is 25.0 Å². The number of unbranched alkanes of at least 4 members (excludes halogenated alkanes) is 3. The molecule has 0 spiro atoms. The maximum Gasteiger partial charge on any atom is 0.293 e. The molecule has 7 atom stereocenters. The number of amides is 2. The summed E-state index contributed by atoms with van der Waals surface area (Å²) in [4.78, 5) is 109. The molecule has 73 heavy (non-hydrogen) atoms. The fraction of sp³-hybridized carbons (Fsp3) is 0.659. The van der Waals surface area contributed by atoms with E-state index in [0.29, 0.717) is 12.9 Å². The SMILES string of the molecule is CC(C)(CCCCCc1cccc(CCCCC2(OC=O)CC2)c1)C(=O)CCNC(=O)CCNC(=O)C(O)C(C)(C)COP(=O)([O-])OP(=O)([O-])OCC1OC(n2cnc3c(N)ncnc32)C(O)C1OP(=O)([O-])[O-]. The number of aromatic nitrogens is 4. The Morgan fingerprint density at radius 3 is 2.26 bits per heavy atom. The van der Waals surface area contributed by atoms with E-state index in [1.54, 1.807) is 0 Å². The first-order valence-corrected chi connectivity index (χ1v) is 28.1. The molecule has 1 saturated heterocycles. The van der Waals surface area contributed by atoms with Crippen molar-refractivity contribution in [3.05, 3.63) is 48.0 Å². The molecule has 7 unspecified atom stereocenters. The van der Waals surface area contributed by atoms with E-state index in [4.69, 9.17) is 15.2 Å². The van der Waals surface area contributed by atoms with Gasteiger partial charge in [-0.05, 0) is 68.9 Å². The summed E-state index contributed by atoms with van der Waals surface area (Å²) in [7, 11) is -17.7. The summed E-state index contributed by atoms with van der Waals surface area (Å²) >= 11 is 0. The van der Waals surface area contributed by atoms with Crippen molar-refractivity contribution >= 4 is 64.5 Å². The number of fused-ring (bicyclic) bond motifs is 1. The van der Waals surface area contributed by atoms with Crippen LogP contribution in [0.15, 0.2) is 36.9 Å². The molecule has 5 rings (SSSR count). The number of carbonyl (C=O) groups excluding carboxylic acids is 4. The predicted molar refractivity (Wildman–Crippen MR) is 249 cm³/mol. The maximum absolute atomic E-state index is 13.0. The monoisotopic (exact) mass is 1090 g/mol. The summed E-state index contributed by atoms with van der Waals surface area (Å²) in [5.74, 6) is -1.61. The average molecular weight is 1090 g/mol. The third kappa shape index (κ3) is 18.3. The molecule has 3 heterocycles. The van der Waals surface area contributed by atoms with Crippen molar-refractivity contribution in [2.45, 2.75) is 147 Å². The van der Waals surface area contributed by atoms with Crippen LogP contribution in [0.4, 0.5) is 5.82 Å². The number of aryl methyl sites for hydroxylation is 2. The standard InChI is InChI=1S/C44H68N7O19P3/c1-42(2,17-8-5-6-11-29-13-10-14-30(23-29)12-7-9-18-44(19-20-44)65-28-52)32(53)15-21-46-33(54)16-22-47-40(57)37(56)43(3,4)25-67-73(63,64)70-72(61,62)66-24-31-36(69-71(58,59)60)35(55)41(68-31)51-27-50-34-38(45)48-26-49-39(34)51/h10,13-14,23,26-28,31,35-37,41,55-56H,5-9,11-12,15-22,24-25H2,1-4H3,(H,46,54)(H,47,57)(H,61,62)(H,63,64)(H2,45,48,49)(H2,58,59,60)/p-4. The largest absolute Gasteiger partial charge is 0.790 e. The molecule has 3 aromatic rings. The zero-order chi connectivity index (χ0) is 53.8. The molecule has 2 aromatic heterocycles. The Balaban J connectivity index is 0.957. The van der Waals surface area contributed by atoms with Gasteiger partial charge in [-0.1, -0.05) is 64.8 Å². The van der Waals surface area contributed by atoms with Gasteiger partial charge in [0, 0.05) is 36.8 Å².